The first-order valence-corrected chi connectivity index (χ1v) is 16.1. The van der Waals surface area contributed by atoms with Gasteiger partial charge in [-0.25, -0.2) is 21.8 Å². The van der Waals surface area contributed by atoms with Gasteiger partial charge < -0.3 is 5.73 Å². The van der Waals surface area contributed by atoms with Crippen LogP contribution in [0.5, 0.6) is 0 Å². The number of pyridine rings is 1. The van der Waals surface area contributed by atoms with Gasteiger partial charge in [0, 0.05) is 54.9 Å². The normalized spacial score (nSPS) is 18.1. The molecular formula is C33H34FN5O3S. The lowest BCUT2D eigenvalue weighted by atomic mass is 9.80. The molecule has 2 aromatic heterocycles. The van der Waals surface area contributed by atoms with Crippen molar-refractivity contribution >= 4 is 15.9 Å². The van der Waals surface area contributed by atoms with Crippen LogP contribution in [0.15, 0.2) is 90.3 Å². The van der Waals surface area contributed by atoms with Crippen molar-refractivity contribution in [2.45, 2.75) is 44.3 Å². The van der Waals surface area contributed by atoms with Gasteiger partial charge in [-0.3, -0.25) is 9.78 Å². The van der Waals surface area contributed by atoms with E-state index in [1.165, 1.54) is 23.3 Å². The number of hydrogen-bond acceptors (Lipinski definition) is 5. The van der Waals surface area contributed by atoms with E-state index in [9.17, 15) is 17.6 Å². The highest BCUT2D eigenvalue weighted by Crippen LogP contribution is 2.47. The summed E-state index contributed by atoms with van der Waals surface area (Å²) in [5, 5.41) is 4.65. The second-order valence-electron chi connectivity index (χ2n) is 11.3. The van der Waals surface area contributed by atoms with Crippen LogP contribution in [-0.2, 0) is 28.6 Å². The minimum atomic E-state index is -3.81. The van der Waals surface area contributed by atoms with Gasteiger partial charge >= 0.3 is 0 Å². The molecular weight excluding hydrogens is 565 g/mol. The molecule has 2 aliphatic carbocycles. The molecule has 2 N–H and O–H groups in total. The second-order valence-corrected chi connectivity index (χ2v) is 13.3. The standard InChI is InChI=1S/C33H34FN5O3S/c1-22-30-19-37-39(28-13-11-26(34)12-14-28)31(30)18-23-9-10-24(32(22)23)20-38(17-15-27-7-4-5-16-36-27)43(41,42)21-25-6-2-3-8-29(25)33(35)40/h2-8,11-14,16,19,22,24H,9-10,15,17-18,20-21H2,1H3,(H2,35,40)/t22-,24-/m0/s1. The van der Waals surface area contributed by atoms with Crippen LogP contribution in [0.1, 0.15) is 58.6 Å². The smallest absolute Gasteiger partial charge is 0.249 e. The molecule has 0 fully saturated rings. The Kier molecular flexibility index (Phi) is 7.98. The van der Waals surface area contributed by atoms with Crippen LogP contribution in [0.4, 0.5) is 4.39 Å². The fourth-order valence-electron chi connectivity index (χ4n) is 6.63. The number of sulfonamides is 1. The molecule has 43 heavy (non-hydrogen) atoms. The van der Waals surface area contributed by atoms with Gasteiger partial charge in [-0.2, -0.15) is 5.10 Å². The first-order valence-electron chi connectivity index (χ1n) is 14.5. The summed E-state index contributed by atoms with van der Waals surface area (Å²) < 4.78 is 45.0. The van der Waals surface area contributed by atoms with E-state index in [1.54, 1.807) is 46.9 Å². The van der Waals surface area contributed by atoms with Crippen molar-refractivity contribution < 1.29 is 17.6 Å². The Morgan fingerprint density at radius 2 is 1.86 bits per heavy atom. The third kappa shape index (κ3) is 5.89. The molecule has 8 nitrogen and oxygen atoms in total. The maximum absolute atomic E-state index is 14.0. The molecule has 4 aromatic rings. The van der Waals surface area contributed by atoms with Gasteiger partial charge in [0.25, 0.3) is 0 Å². The molecule has 2 aromatic carbocycles. The van der Waals surface area contributed by atoms with Crippen molar-refractivity contribution in [2.24, 2.45) is 11.7 Å². The van der Waals surface area contributed by atoms with E-state index in [0.29, 0.717) is 18.5 Å². The predicted molar refractivity (Wildman–Crippen MR) is 162 cm³/mol. The molecule has 2 atom stereocenters. The summed E-state index contributed by atoms with van der Waals surface area (Å²) in [7, 11) is -3.81. The fourth-order valence-corrected chi connectivity index (χ4v) is 8.23. The zero-order valence-electron chi connectivity index (χ0n) is 24.0. The van der Waals surface area contributed by atoms with Gasteiger partial charge in [-0.15, -0.1) is 0 Å². The molecule has 0 saturated carbocycles. The number of fused-ring (bicyclic) bond motifs is 1. The Hall–Kier alpha value is -4.15. The molecule has 0 aliphatic heterocycles. The number of aromatic nitrogens is 3. The number of rotatable bonds is 10. The third-order valence-corrected chi connectivity index (χ3v) is 10.5. The highest BCUT2D eigenvalue weighted by atomic mass is 32.2. The van der Waals surface area contributed by atoms with Crippen LogP contribution >= 0.6 is 0 Å². The summed E-state index contributed by atoms with van der Waals surface area (Å²) in [6, 6.07) is 18.6. The van der Waals surface area contributed by atoms with Crippen LogP contribution in [0, 0.1) is 11.7 Å². The van der Waals surface area contributed by atoms with E-state index in [-0.39, 0.29) is 35.5 Å². The number of amides is 1. The molecule has 0 radical (unpaired) electrons. The average Bonchev–Trinajstić information content (AvgIpc) is 3.61. The summed E-state index contributed by atoms with van der Waals surface area (Å²) in [5.74, 6) is -1.11. The van der Waals surface area contributed by atoms with E-state index in [2.05, 4.69) is 17.0 Å². The van der Waals surface area contributed by atoms with Gasteiger partial charge in [0.15, 0.2) is 0 Å². The highest BCUT2D eigenvalue weighted by Gasteiger charge is 2.38. The zero-order chi connectivity index (χ0) is 30.1. The summed E-state index contributed by atoms with van der Waals surface area (Å²) >= 11 is 0. The van der Waals surface area contributed by atoms with Crippen molar-refractivity contribution in [3.05, 3.63) is 124 Å². The topological polar surface area (TPSA) is 111 Å². The Balaban J connectivity index is 1.28. The van der Waals surface area contributed by atoms with E-state index in [1.807, 2.05) is 29.1 Å². The second kappa shape index (κ2) is 11.9. The molecule has 0 spiro atoms. The number of benzene rings is 2. The van der Waals surface area contributed by atoms with E-state index >= 15 is 0 Å². The monoisotopic (exact) mass is 599 g/mol. The fraction of sp³-hybridized carbons (Fsp3) is 0.303. The van der Waals surface area contributed by atoms with Crippen molar-refractivity contribution in [1.82, 2.24) is 19.1 Å². The highest BCUT2D eigenvalue weighted by molar-refractivity contribution is 7.88. The van der Waals surface area contributed by atoms with E-state index in [0.717, 1.165) is 41.9 Å². The minimum absolute atomic E-state index is 0.0530. The maximum atomic E-state index is 14.0. The predicted octanol–water partition coefficient (Wildman–Crippen LogP) is 4.95. The molecule has 222 valence electrons. The molecule has 10 heteroatoms. The van der Waals surface area contributed by atoms with Crippen LogP contribution in [0.3, 0.4) is 0 Å². The van der Waals surface area contributed by atoms with Gasteiger partial charge in [0.1, 0.15) is 5.82 Å². The van der Waals surface area contributed by atoms with Crippen LogP contribution in [0.2, 0.25) is 0 Å². The Morgan fingerprint density at radius 1 is 1.09 bits per heavy atom. The number of carbonyl (C=O) groups excluding carboxylic acids is 1. The van der Waals surface area contributed by atoms with Crippen LogP contribution in [0.25, 0.3) is 5.69 Å². The minimum Gasteiger partial charge on any atom is -0.366 e. The summed E-state index contributed by atoms with van der Waals surface area (Å²) in [5.41, 5.74) is 12.6. The number of nitrogens with zero attached hydrogens (tertiary/aromatic N) is 4. The Labute approximate surface area is 251 Å². The largest absolute Gasteiger partial charge is 0.366 e. The molecule has 6 rings (SSSR count). The number of primary amides is 1. The van der Waals surface area contributed by atoms with Crippen LogP contribution in [-0.4, -0.2) is 46.5 Å². The molecule has 2 aliphatic rings. The van der Waals surface area contributed by atoms with Crippen molar-refractivity contribution in [3.63, 3.8) is 0 Å². The maximum Gasteiger partial charge on any atom is 0.249 e. The lowest BCUT2D eigenvalue weighted by molar-refractivity contribution is 0.0999. The number of allylic oxidation sites excluding steroid dienone is 1. The van der Waals surface area contributed by atoms with Crippen molar-refractivity contribution in [1.29, 1.82) is 0 Å². The third-order valence-electron chi connectivity index (χ3n) is 8.71. The number of carbonyl (C=O) groups is 1. The Bertz CT molecular complexity index is 1780. The van der Waals surface area contributed by atoms with Gasteiger partial charge in [0.2, 0.25) is 15.9 Å². The van der Waals surface area contributed by atoms with Crippen LogP contribution < -0.4 is 5.73 Å². The Morgan fingerprint density at radius 3 is 2.60 bits per heavy atom. The van der Waals surface area contributed by atoms with E-state index < -0.39 is 15.9 Å². The number of halogens is 1. The van der Waals surface area contributed by atoms with Crippen molar-refractivity contribution in [2.75, 3.05) is 13.1 Å². The molecule has 0 saturated heterocycles. The first-order chi connectivity index (χ1) is 20.7. The number of nitrogens with two attached hydrogens (primary N) is 1. The quantitative estimate of drug-likeness (QED) is 0.260. The van der Waals surface area contributed by atoms with Crippen molar-refractivity contribution in [3.8, 4) is 5.69 Å². The van der Waals surface area contributed by atoms with Gasteiger partial charge in [0.05, 0.1) is 23.3 Å². The number of hydrogen-bond donors (Lipinski definition) is 1. The molecule has 0 bridgehead atoms. The van der Waals surface area contributed by atoms with Gasteiger partial charge in [-0.05, 0) is 66.8 Å². The van der Waals surface area contributed by atoms with Gasteiger partial charge in [-0.1, -0.05) is 42.3 Å². The molecule has 0 unspecified atom stereocenters. The van der Waals surface area contributed by atoms with E-state index in [4.69, 9.17) is 5.73 Å². The first kappa shape index (κ1) is 28.9. The zero-order valence-corrected chi connectivity index (χ0v) is 24.8. The SMILES string of the molecule is C[C@@H]1C2=C(CC[C@H]2CN(CCc2ccccn2)S(=O)(=O)Cc2ccccc2C(N)=O)Cc2c1cnn2-c1ccc(F)cc1. The molecule has 1 amide bonds. The summed E-state index contributed by atoms with van der Waals surface area (Å²) in [6.07, 6.45) is 6.54. The molecule has 2 heterocycles. The summed E-state index contributed by atoms with van der Waals surface area (Å²) in [4.78, 5) is 16.4. The lowest BCUT2D eigenvalue weighted by Crippen LogP contribution is -2.38. The average molecular weight is 600 g/mol. The summed E-state index contributed by atoms with van der Waals surface area (Å²) in [6.45, 7) is 2.79. The lowest BCUT2D eigenvalue weighted by Gasteiger charge is -2.31.